The fraction of sp³-hybridized carbons (Fsp3) is 0.333. The topological polar surface area (TPSA) is 145 Å². The molecule has 1 fully saturated rings. The lowest BCUT2D eigenvalue weighted by atomic mass is 10.1. The van der Waals surface area contributed by atoms with E-state index in [0.717, 1.165) is 12.8 Å². The zero-order valence-electron chi connectivity index (χ0n) is 19.1. The Morgan fingerprint density at radius 3 is 2.40 bits per heavy atom. The third kappa shape index (κ3) is 6.85. The van der Waals surface area contributed by atoms with Crippen molar-refractivity contribution >= 4 is 40.8 Å². The van der Waals surface area contributed by atoms with Crippen molar-refractivity contribution in [2.45, 2.75) is 26.2 Å². The van der Waals surface area contributed by atoms with E-state index in [1.165, 1.54) is 53.4 Å². The van der Waals surface area contributed by atoms with Gasteiger partial charge in [0.25, 0.3) is 11.6 Å². The van der Waals surface area contributed by atoms with Crippen LogP contribution in [0.4, 0.5) is 17.1 Å². The van der Waals surface area contributed by atoms with E-state index in [4.69, 9.17) is 9.47 Å². The Hall–Kier alpha value is -4.28. The van der Waals surface area contributed by atoms with Gasteiger partial charge in [-0.1, -0.05) is 13.3 Å². The van der Waals surface area contributed by atoms with Crippen LogP contribution in [-0.2, 0) is 23.9 Å². The second-order valence-electron chi connectivity index (χ2n) is 7.90. The van der Waals surface area contributed by atoms with Crippen molar-refractivity contribution in [3.8, 4) is 0 Å². The number of hydrogen-bond donors (Lipinski definition) is 1. The van der Waals surface area contributed by atoms with Crippen molar-refractivity contribution in [3.63, 3.8) is 0 Å². The van der Waals surface area contributed by atoms with Crippen LogP contribution in [-0.4, -0.2) is 48.4 Å². The molecule has 0 aromatic heterocycles. The first kappa shape index (κ1) is 25.3. The Bertz CT molecular complexity index is 1100. The quantitative estimate of drug-likeness (QED) is 0.235. The number of nitrogens with zero attached hydrogens (tertiary/aromatic N) is 2. The van der Waals surface area contributed by atoms with Gasteiger partial charge >= 0.3 is 11.9 Å². The minimum absolute atomic E-state index is 0.0485. The molecular weight excluding hydrogens is 458 g/mol. The van der Waals surface area contributed by atoms with Gasteiger partial charge in [-0.05, 0) is 42.8 Å². The van der Waals surface area contributed by atoms with Gasteiger partial charge in [0.15, 0.2) is 6.61 Å². The maximum Gasteiger partial charge on any atom is 0.338 e. The predicted molar refractivity (Wildman–Crippen MR) is 125 cm³/mol. The van der Waals surface area contributed by atoms with Crippen LogP contribution >= 0.6 is 0 Å². The summed E-state index contributed by atoms with van der Waals surface area (Å²) in [5.41, 5.74) is 1.10. The van der Waals surface area contributed by atoms with E-state index in [-0.39, 0.29) is 24.6 Å². The molecule has 0 bridgehead atoms. The van der Waals surface area contributed by atoms with E-state index in [9.17, 15) is 29.3 Å². The summed E-state index contributed by atoms with van der Waals surface area (Å²) in [5, 5.41) is 13.3. The lowest BCUT2D eigenvalue weighted by Gasteiger charge is -2.16. The minimum Gasteiger partial charge on any atom is -0.462 e. The third-order valence-corrected chi connectivity index (χ3v) is 5.31. The molecule has 35 heavy (non-hydrogen) atoms. The van der Waals surface area contributed by atoms with Crippen LogP contribution in [0.15, 0.2) is 48.5 Å². The molecular formula is C24H25N3O8. The van der Waals surface area contributed by atoms with Crippen molar-refractivity contribution in [1.29, 1.82) is 0 Å². The number of ether oxygens (including phenoxy) is 2. The fourth-order valence-corrected chi connectivity index (χ4v) is 3.40. The normalized spacial score (nSPS) is 14.9. The molecule has 0 radical (unpaired) electrons. The number of hydrogen-bond acceptors (Lipinski definition) is 8. The van der Waals surface area contributed by atoms with Gasteiger partial charge < -0.3 is 19.7 Å². The highest BCUT2D eigenvalue weighted by atomic mass is 16.6. The third-order valence-electron chi connectivity index (χ3n) is 5.31. The lowest BCUT2D eigenvalue weighted by Crippen LogP contribution is -2.28. The van der Waals surface area contributed by atoms with E-state index in [0.29, 0.717) is 23.5 Å². The van der Waals surface area contributed by atoms with Gasteiger partial charge in [-0.3, -0.25) is 24.5 Å². The van der Waals surface area contributed by atoms with Gasteiger partial charge in [0, 0.05) is 36.5 Å². The maximum atomic E-state index is 12.4. The summed E-state index contributed by atoms with van der Waals surface area (Å²) in [6.07, 6.45) is 1.61. The van der Waals surface area contributed by atoms with Gasteiger partial charge in [0.05, 0.1) is 23.0 Å². The molecule has 184 valence electrons. The molecule has 1 heterocycles. The lowest BCUT2D eigenvalue weighted by molar-refractivity contribution is -0.384. The molecule has 0 aliphatic carbocycles. The Labute approximate surface area is 201 Å². The number of carbonyl (C=O) groups excluding carboxylic acids is 4. The first-order valence-corrected chi connectivity index (χ1v) is 11.1. The number of amides is 2. The van der Waals surface area contributed by atoms with Crippen LogP contribution < -0.4 is 10.2 Å². The molecule has 11 heteroatoms. The first-order valence-electron chi connectivity index (χ1n) is 11.1. The smallest absolute Gasteiger partial charge is 0.338 e. The zero-order valence-corrected chi connectivity index (χ0v) is 19.1. The predicted octanol–water partition coefficient (Wildman–Crippen LogP) is 3.09. The number of non-ortho nitro benzene ring substituents is 1. The van der Waals surface area contributed by atoms with E-state index in [1.807, 2.05) is 6.92 Å². The Morgan fingerprint density at radius 2 is 1.77 bits per heavy atom. The van der Waals surface area contributed by atoms with Crippen molar-refractivity contribution in [1.82, 2.24) is 0 Å². The van der Waals surface area contributed by atoms with E-state index < -0.39 is 35.3 Å². The molecule has 11 nitrogen and oxygen atoms in total. The summed E-state index contributed by atoms with van der Waals surface area (Å²) in [6.45, 7) is 1.85. The van der Waals surface area contributed by atoms with Gasteiger partial charge in [0.2, 0.25) is 5.91 Å². The number of nitro benzene ring substituents is 1. The summed E-state index contributed by atoms with van der Waals surface area (Å²) >= 11 is 0. The summed E-state index contributed by atoms with van der Waals surface area (Å²) in [6, 6.07) is 11.5. The van der Waals surface area contributed by atoms with Crippen LogP contribution in [0.5, 0.6) is 0 Å². The van der Waals surface area contributed by atoms with Gasteiger partial charge in [-0.15, -0.1) is 0 Å². The summed E-state index contributed by atoms with van der Waals surface area (Å²) in [4.78, 5) is 60.3. The molecule has 2 aromatic carbocycles. The SMILES string of the molecule is CCCCOC(=O)c1ccc(NC(=O)COC(=O)[C@@H]2CC(=O)N(c3ccc([N+](=O)[O-])cc3)C2)cc1. The average molecular weight is 483 g/mol. The maximum absolute atomic E-state index is 12.4. The molecule has 3 rings (SSSR count). The monoisotopic (exact) mass is 483 g/mol. The molecule has 1 N–H and O–H groups in total. The van der Waals surface area contributed by atoms with E-state index in [1.54, 1.807) is 0 Å². The number of esters is 2. The second-order valence-corrected chi connectivity index (χ2v) is 7.90. The minimum atomic E-state index is -0.761. The fourth-order valence-electron chi connectivity index (χ4n) is 3.40. The molecule has 1 saturated heterocycles. The molecule has 0 spiro atoms. The highest BCUT2D eigenvalue weighted by molar-refractivity contribution is 6.00. The van der Waals surface area contributed by atoms with Crippen LogP contribution in [0.3, 0.4) is 0 Å². The number of anilines is 2. The Balaban J connectivity index is 1.46. The van der Waals surface area contributed by atoms with Crippen LogP contribution in [0.25, 0.3) is 0 Å². The number of benzene rings is 2. The Morgan fingerprint density at radius 1 is 1.09 bits per heavy atom. The highest BCUT2D eigenvalue weighted by Crippen LogP contribution is 2.27. The summed E-state index contributed by atoms with van der Waals surface area (Å²) in [5.74, 6) is -2.79. The number of carbonyl (C=O) groups is 4. The first-order chi connectivity index (χ1) is 16.8. The molecule has 1 aliphatic heterocycles. The average Bonchev–Trinajstić information content (AvgIpc) is 3.24. The van der Waals surface area contributed by atoms with Gasteiger partial charge in [-0.25, -0.2) is 4.79 Å². The summed E-state index contributed by atoms with van der Waals surface area (Å²) in [7, 11) is 0. The molecule has 0 unspecified atom stereocenters. The molecule has 2 amide bonds. The standard InChI is InChI=1S/C24H25N3O8/c1-2-3-12-34-23(30)16-4-6-18(7-5-16)25-21(28)15-35-24(31)17-13-22(29)26(14-17)19-8-10-20(11-9-19)27(32)33/h4-11,17H,2-3,12-15H2,1H3,(H,25,28)/t17-/m1/s1. The van der Waals surface area contributed by atoms with Crippen LogP contribution in [0.1, 0.15) is 36.5 Å². The summed E-state index contributed by atoms with van der Waals surface area (Å²) < 4.78 is 10.2. The zero-order chi connectivity index (χ0) is 25.4. The number of unbranched alkanes of at least 4 members (excludes halogenated alkanes) is 1. The van der Waals surface area contributed by atoms with E-state index >= 15 is 0 Å². The van der Waals surface area contributed by atoms with Crippen LogP contribution in [0.2, 0.25) is 0 Å². The molecule has 0 saturated carbocycles. The molecule has 2 aromatic rings. The second kappa shape index (κ2) is 11.7. The van der Waals surface area contributed by atoms with Gasteiger partial charge in [-0.2, -0.15) is 0 Å². The van der Waals surface area contributed by atoms with Crippen molar-refractivity contribution < 1.29 is 33.6 Å². The largest absolute Gasteiger partial charge is 0.462 e. The highest BCUT2D eigenvalue weighted by Gasteiger charge is 2.36. The molecule has 1 aliphatic rings. The number of nitrogens with one attached hydrogen (secondary N) is 1. The van der Waals surface area contributed by atoms with E-state index in [2.05, 4.69) is 5.32 Å². The van der Waals surface area contributed by atoms with Crippen molar-refractivity contribution in [2.75, 3.05) is 30.0 Å². The number of nitro groups is 1. The van der Waals surface area contributed by atoms with Crippen molar-refractivity contribution in [3.05, 3.63) is 64.2 Å². The number of rotatable bonds is 10. The van der Waals surface area contributed by atoms with Crippen molar-refractivity contribution in [2.24, 2.45) is 5.92 Å². The van der Waals surface area contributed by atoms with Gasteiger partial charge in [0.1, 0.15) is 0 Å². The van der Waals surface area contributed by atoms with Crippen LogP contribution in [0, 0.1) is 16.0 Å². The Kier molecular flexibility index (Phi) is 8.49. The molecule has 1 atom stereocenters.